The van der Waals surface area contributed by atoms with Gasteiger partial charge >= 0.3 is 5.97 Å². The smallest absolute Gasteiger partial charge is 0.340 e. The maximum Gasteiger partial charge on any atom is 0.340 e. The fourth-order valence-electron chi connectivity index (χ4n) is 1.79. The molecule has 2 rings (SSSR count). The van der Waals surface area contributed by atoms with Crippen molar-refractivity contribution in [1.29, 1.82) is 0 Å². The number of ether oxygens (including phenoxy) is 1. The third-order valence-corrected chi connectivity index (χ3v) is 2.96. The highest BCUT2D eigenvalue weighted by Gasteiger charge is 2.16. The summed E-state index contributed by atoms with van der Waals surface area (Å²) in [6.07, 6.45) is 3.37. The number of nitrogens with one attached hydrogen (secondary N) is 1. The van der Waals surface area contributed by atoms with Crippen molar-refractivity contribution in [2.75, 3.05) is 18.2 Å². The van der Waals surface area contributed by atoms with Gasteiger partial charge in [0.2, 0.25) is 0 Å². The first kappa shape index (κ1) is 14.1. The number of halogens is 1. The minimum atomic E-state index is -0.512. The first-order chi connectivity index (χ1) is 9.51. The van der Waals surface area contributed by atoms with Crippen LogP contribution in [0.25, 0.3) is 0 Å². The molecule has 0 saturated carbocycles. The van der Waals surface area contributed by atoms with Crippen molar-refractivity contribution >= 4 is 34.6 Å². The predicted octanol–water partition coefficient (Wildman–Crippen LogP) is 3.16. The fourth-order valence-corrected chi connectivity index (χ4v) is 2.07. The minimum Gasteiger partial charge on any atom is -0.465 e. The van der Waals surface area contributed by atoms with Gasteiger partial charge in [-0.05, 0) is 30.7 Å². The predicted molar refractivity (Wildman–Crippen MR) is 79.5 cm³/mol. The van der Waals surface area contributed by atoms with Gasteiger partial charge in [-0.3, -0.25) is 4.98 Å². The van der Waals surface area contributed by atoms with E-state index in [2.05, 4.69) is 10.3 Å². The van der Waals surface area contributed by atoms with Gasteiger partial charge in [0.05, 0.1) is 35.3 Å². The maximum absolute atomic E-state index is 11.8. The number of nitrogens with two attached hydrogens (primary N) is 1. The minimum absolute atomic E-state index is 0.277. The third-order valence-electron chi connectivity index (χ3n) is 2.66. The number of nitrogens with zero attached hydrogens (tertiary/aromatic N) is 1. The summed E-state index contributed by atoms with van der Waals surface area (Å²) in [6, 6.07) is 4.98. The molecule has 0 fully saturated rings. The van der Waals surface area contributed by atoms with Gasteiger partial charge in [-0.1, -0.05) is 11.6 Å². The Bertz CT molecular complexity index is 659. The highest BCUT2D eigenvalue weighted by molar-refractivity contribution is 6.34. The van der Waals surface area contributed by atoms with E-state index in [4.69, 9.17) is 22.1 Å². The molecule has 0 atom stereocenters. The Morgan fingerprint density at radius 1 is 1.35 bits per heavy atom. The molecule has 20 heavy (non-hydrogen) atoms. The van der Waals surface area contributed by atoms with Gasteiger partial charge < -0.3 is 15.8 Å². The zero-order valence-electron chi connectivity index (χ0n) is 11.1. The summed E-state index contributed by atoms with van der Waals surface area (Å²) in [5, 5.41) is 3.41. The average molecular weight is 292 g/mol. The Kier molecular flexibility index (Phi) is 4.10. The summed E-state index contributed by atoms with van der Waals surface area (Å²) in [6.45, 7) is 1.92. The van der Waals surface area contributed by atoms with Crippen LogP contribution in [0.15, 0.2) is 30.6 Å². The molecule has 0 aliphatic rings. The van der Waals surface area contributed by atoms with Crippen LogP contribution in [0.3, 0.4) is 0 Å². The molecule has 1 heterocycles. The monoisotopic (exact) mass is 291 g/mol. The zero-order chi connectivity index (χ0) is 14.7. The van der Waals surface area contributed by atoms with E-state index in [1.54, 1.807) is 18.5 Å². The molecule has 0 aliphatic carbocycles. The van der Waals surface area contributed by atoms with E-state index in [0.29, 0.717) is 16.4 Å². The van der Waals surface area contributed by atoms with Crippen molar-refractivity contribution in [1.82, 2.24) is 4.98 Å². The molecule has 6 heteroatoms. The lowest BCUT2D eigenvalue weighted by Crippen LogP contribution is -2.07. The number of nitrogen functional groups attached to an aromatic ring is 1. The number of aryl methyl sites for hydroxylation is 1. The number of pyridine rings is 1. The lowest BCUT2D eigenvalue weighted by molar-refractivity contribution is 0.0602. The third kappa shape index (κ3) is 3.00. The summed E-state index contributed by atoms with van der Waals surface area (Å²) < 4.78 is 4.74. The van der Waals surface area contributed by atoms with E-state index in [9.17, 15) is 4.79 Å². The molecule has 0 amide bonds. The number of methoxy groups -OCH3 is 1. The standard InChI is InChI=1S/C14H14ClN3O2/c1-8-3-10(7-17-6-8)18-13-11(14(19)20-2)4-9(16)5-12(13)15/h3-7,18H,16H2,1-2H3. The van der Waals surface area contributed by atoms with Crippen molar-refractivity contribution in [2.24, 2.45) is 0 Å². The first-order valence-corrected chi connectivity index (χ1v) is 6.25. The van der Waals surface area contributed by atoms with Crippen molar-refractivity contribution in [3.8, 4) is 0 Å². The fraction of sp³-hybridized carbons (Fsp3) is 0.143. The van der Waals surface area contributed by atoms with Gasteiger partial charge in [0.25, 0.3) is 0 Å². The number of hydrogen-bond acceptors (Lipinski definition) is 5. The number of carbonyl (C=O) groups excluding carboxylic acids is 1. The normalized spacial score (nSPS) is 10.2. The van der Waals surface area contributed by atoms with Crippen molar-refractivity contribution in [2.45, 2.75) is 6.92 Å². The van der Waals surface area contributed by atoms with Crippen LogP contribution in [-0.4, -0.2) is 18.1 Å². The highest BCUT2D eigenvalue weighted by atomic mass is 35.5. The van der Waals surface area contributed by atoms with Gasteiger partial charge in [0.1, 0.15) is 0 Å². The highest BCUT2D eigenvalue weighted by Crippen LogP contribution is 2.32. The Labute approximate surface area is 121 Å². The van der Waals surface area contributed by atoms with Crippen LogP contribution in [0.5, 0.6) is 0 Å². The molecule has 1 aromatic heterocycles. The summed E-state index contributed by atoms with van der Waals surface area (Å²) in [7, 11) is 1.30. The van der Waals surface area contributed by atoms with Crippen LogP contribution in [0.1, 0.15) is 15.9 Å². The lowest BCUT2D eigenvalue weighted by atomic mass is 10.1. The molecule has 2 aromatic rings. The summed E-state index contributed by atoms with van der Waals surface area (Å²) in [5.74, 6) is -0.512. The molecule has 1 aromatic carbocycles. The second-order valence-corrected chi connectivity index (χ2v) is 4.70. The Morgan fingerprint density at radius 3 is 2.75 bits per heavy atom. The van der Waals surface area contributed by atoms with E-state index in [1.807, 2.05) is 13.0 Å². The molecule has 0 saturated heterocycles. The molecule has 0 bridgehead atoms. The van der Waals surface area contributed by atoms with Crippen molar-refractivity contribution in [3.05, 3.63) is 46.7 Å². The van der Waals surface area contributed by atoms with Gasteiger partial charge in [0, 0.05) is 11.9 Å². The van der Waals surface area contributed by atoms with Gasteiger partial charge in [-0.2, -0.15) is 0 Å². The molecule has 5 nitrogen and oxygen atoms in total. The summed E-state index contributed by atoms with van der Waals surface area (Å²) >= 11 is 6.15. The number of hydrogen-bond donors (Lipinski definition) is 2. The second-order valence-electron chi connectivity index (χ2n) is 4.29. The maximum atomic E-state index is 11.8. The Hall–Kier alpha value is -2.27. The summed E-state index contributed by atoms with van der Waals surface area (Å²) in [4.78, 5) is 15.9. The number of esters is 1. The molecule has 0 aliphatic heterocycles. The number of rotatable bonds is 3. The van der Waals surface area contributed by atoms with Crippen LogP contribution in [0, 0.1) is 6.92 Å². The SMILES string of the molecule is COC(=O)c1cc(N)cc(Cl)c1Nc1cncc(C)c1. The number of anilines is 3. The topological polar surface area (TPSA) is 77.2 Å². The largest absolute Gasteiger partial charge is 0.465 e. The Morgan fingerprint density at radius 2 is 2.10 bits per heavy atom. The average Bonchev–Trinajstić information content (AvgIpc) is 2.40. The molecule has 0 unspecified atom stereocenters. The number of aromatic nitrogens is 1. The van der Waals surface area contributed by atoms with Crippen LogP contribution < -0.4 is 11.1 Å². The van der Waals surface area contributed by atoms with Crippen molar-refractivity contribution in [3.63, 3.8) is 0 Å². The zero-order valence-corrected chi connectivity index (χ0v) is 11.9. The quantitative estimate of drug-likeness (QED) is 0.671. The van der Waals surface area contributed by atoms with E-state index >= 15 is 0 Å². The van der Waals surface area contributed by atoms with Gasteiger partial charge in [-0.25, -0.2) is 4.79 Å². The van der Waals surface area contributed by atoms with Crippen LogP contribution in [0.4, 0.5) is 17.1 Å². The van der Waals surface area contributed by atoms with E-state index in [0.717, 1.165) is 11.3 Å². The van der Waals surface area contributed by atoms with Crippen molar-refractivity contribution < 1.29 is 9.53 Å². The second kappa shape index (κ2) is 5.79. The van der Waals surface area contributed by atoms with Crippen LogP contribution in [-0.2, 0) is 4.74 Å². The van der Waals surface area contributed by atoms with Gasteiger partial charge in [0.15, 0.2) is 0 Å². The van der Waals surface area contributed by atoms with Crippen LogP contribution >= 0.6 is 11.6 Å². The molecule has 104 valence electrons. The molecule has 3 N–H and O–H groups in total. The number of carbonyl (C=O) groups is 1. The van der Waals surface area contributed by atoms with Gasteiger partial charge in [-0.15, -0.1) is 0 Å². The Balaban J connectivity index is 2.47. The van der Waals surface area contributed by atoms with E-state index < -0.39 is 5.97 Å². The molecule has 0 spiro atoms. The molecular weight excluding hydrogens is 278 g/mol. The lowest BCUT2D eigenvalue weighted by Gasteiger charge is -2.13. The van der Waals surface area contributed by atoms with Crippen LogP contribution in [0.2, 0.25) is 5.02 Å². The molecule has 0 radical (unpaired) electrons. The first-order valence-electron chi connectivity index (χ1n) is 5.87. The van der Waals surface area contributed by atoms with E-state index in [-0.39, 0.29) is 5.56 Å². The summed E-state index contributed by atoms with van der Waals surface area (Å²) in [5.41, 5.74) is 8.53. The number of benzene rings is 1. The molecular formula is C14H14ClN3O2. The van der Waals surface area contributed by atoms with E-state index in [1.165, 1.54) is 13.2 Å².